The minimum absolute atomic E-state index is 0.0286. The van der Waals surface area contributed by atoms with E-state index in [1.54, 1.807) is 18.7 Å². The molecule has 1 saturated heterocycles. The fourth-order valence-corrected chi connectivity index (χ4v) is 4.39. The molecular formula is C19H34N2O4Si. The van der Waals surface area contributed by atoms with E-state index in [1.165, 1.54) is 4.90 Å². The van der Waals surface area contributed by atoms with Gasteiger partial charge in [0.2, 0.25) is 0 Å². The Morgan fingerprint density at radius 2 is 1.85 bits per heavy atom. The van der Waals surface area contributed by atoms with Gasteiger partial charge in [-0.1, -0.05) is 26.6 Å². The highest BCUT2D eigenvalue weighted by Crippen LogP contribution is 2.34. The van der Waals surface area contributed by atoms with Crippen molar-refractivity contribution in [3.8, 4) is 0 Å². The summed E-state index contributed by atoms with van der Waals surface area (Å²) < 4.78 is 5.65. The fraction of sp³-hybridized carbons (Fsp3) is 0.842. The van der Waals surface area contributed by atoms with Crippen LogP contribution in [0.5, 0.6) is 0 Å². The second kappa shape index (κ2) is 7.80. The van der Waals surface area contributed by atoms with Crippen molar-refractivity contribution in [1.29, 1.82) is 0 Å². The minimum atomic E-state index is -1.20. The molecule has 0 unspecified atom stereocenters. The summed E-state index contributed by atoms with van der Waals surface area (Å²) in [5.74, 6) is 0.609. The van der Waals surface area contributed by atoms with E-state index in [9.17, 15) is 14.4 Å². The van der Waals surface area contributed by atoms with Crippen LogP contribution in [-0.2, 0) is 14.3 Å². The van der Waals surface area contributed by atoms with Crippen LogP contribution >= 0.6 is 0 Å². The zero-order valence-corrected chi connectivity index (χ0v) is 18.1. The highest BCUT2D eigenvalue weighted by Gasteiger charge is 2.52. The number of carbonyl (C=O) groups excluding carboxylic acids is 3. The van der Waals surface area contributed by atoms with Crippen LogP contribution in [0.4, 0.5) is 4.79 Å². The molecule has 6 nitrogen and oxygen atoms in total. The van der Waals surface area contributed by atoms with Crippen LogP contribution in [0.25, 0.3) is 0 Å². The average Bonchev–Trinajstić information content (AvgIpc) is 2.66. The number of Topliss-reactive ketones (excluding diaryl/α,β-unsaturated/α-hetero) is 1. The Morgan fingerprint density at radius 3 is 2.42 bits per heavy atom. The van der Waals surface area contributed by atoms with Gasteiger partial charge in [-0.3, -0.25) is 9.59 Å². The van der Waals surface area contributed by atoms with Gasteiger partial charge in [0.05, 0.1) is 0 Å². The number of rotatable bonds is 7. The predicted octanol–water partition coefficient (Wildman–Crippen LogP) is 3.35. The molecule has 0 N–H and O–H groups in total. The molecule has 2 aliphatic rings. The zero-order valence-electron chi connectivity index (χ0n) is 17.1. The Bertz CT molecular complexity index is 570. The van der Waals surface area contributed by atoms with Gasteiger partial charge in [-0.15, -0.1) is 0 Å². The minimum Gasteiger partial charge on any atom is -0.361 e. The van der Waals surface area contributed by atoms with Gasteiger partial charge in [-0.2, -0.15) is 0 Å². The van der Waals surface area contributed by atoms with Gasteiger partial charge < -0.3 is 9.64 Å². The van der Waals surface area contributed by atoms with Crippen molar-refractivity contribution >= 4 is 25.8 Å². The Hall–Kier alpha value is -1.21. The summed E-state index contributed by atoms with van der Waals surface area (Å²) in [6.07, 6.45) is 1.94. The van der Waals surface area contributed by atoms with E-state index >= 15 is 0 Å². The fourth-order valence-electron chi connectivity index (χ4n) is 3.64. The first-order chi connectivity index (χ1) is 11.9. The maximum Gasteiger partial charge on any atom is 0.329 e. The molecule has 148 valence electrons. The first kappa shape index (κ1) is 21.1. The van der Waals surface area contributed by atoms with E-state index in [1.807, 2.05) is 0 Å². The second-order valence-electron chi connectivity index (χ2n) is 9.55. The molecule has 2 fully saturated rings. The number of ether oxygens (including phenoxy) is 1. The molecule has 0 aromatic carbocycles. The third-order valence-corrected chi connectivity index (χ3v) is 7.39. The highest BCUT2D eigenvalue weighted by atomic mass is 28.3. The van der Waals surface area contributed by atoms with Crippen molar-refractivity contribution in [1.82, 2.24) is 9.80 Å². The molecule has 0 aromatic rings. The van der Waals surface area contributed by atoms with Crippen molar-refractivity contribution in [2.75, 3.05) is 19.9 Å². The number of nitrogens with zero attached hydrogens (tertiary/aromatic N) is 2. The van der Waals surface area contributed by atoms with Crippen molar-refractivity contribution < 1.29 is 19.1 Å². The molecular weight excluding hydrogens is 348 g/mol. The largest absolute Gasteiger partial charge is 0.361 e. The van der Waals surface area contributed by atoms with E-state index in [4.69, 9.17) is 4.74 Å². The average molecular weight is 383 g/mol. The molecule has 3 amide bonds. The van der Waals surface area contributed by atoms with Crippen LogP contribution in [0, 0.1) is 11.8 Å². The Kier molecular flexibility index (Phi) is 6.33. The first-order valence-corrected chi connectivity index (χ1v) is 13.4. The van der Waals surface area contributed by atoms with Crippen LogP contribution in [-0.4, -0.2) is 61.0 Å². The predicted molar refractivity (Wildman–Crippen MR) is 104 cm³/mol. The van der Waals surface area contributed by atoms with Gasteiger partial charge in [-0.25, -0.2) is 9.69 Å². The number of imide groups is 1. The summed E-state index contributed by atoms with van der Waals surface area (Å²) in [4.78, 5) is 40.1. The molecule has 1 heterocycles. The number of hydrogen-bond acceptors (Lipinski definition) is 4. The maximum atomic E-state index is 12.9. The topological polar surface area (TPSA) is 66.9 Å². The Labute approximate surface area is 158 Å². The van der Waals surface area contributed by atoms with Gasteiger partial charge in [0.1, 0.15) is 18.1 Å². The molecule has 0 aromatic heterocycles. The highest BCUT2D eigenvalue weighted by molar-refractivity contribution is 6.76. The van der Waals surface area contributed by atoms with Crippen molar-refractivity contribution in [2.45, 2.75) is 71.3 Å². The van der Waals surface area contributed by atoms with Crippen LogP contribution in [0.3, 0.4) is 0 Å². The lowest BCUT2D eigenvalue weighted by Crippen LogP contribution is -2.47. The van der Waals surface area contributed by atoms with Gasteiger partial charge in [0.25, 0.3) is 5.91 Å². The van der Waals surface area contributed by atoms with Gasteiger partial charge >= 0.3 is 6.03 Å². The monoisotopic (exact) mass is 382 g/mol. The number of urea groups is 1. The number of ketones is 1. The summed E-state index contributed by atoms with van der Waals surface area (Å²) in [7, 11) is -1.20. The Balaban J connectivity index is 1.98. The van der Waals surface area contributed by atoms with Gasteiger partial charge in [0.15, 0.2) is 0 Å². The SMILES string of the molecule is C[C@H]1CC(=O)CC[C@H]1CN1C(=O)N(COCC[Si](C)(C)C)C(=O)C1(C)C. The molecule has 0 spiro atoms. The van der Waals surface area contributed by atoms with Crippen LogP contribution in [0.15, 0.2) is 0 Å². The molecule has 26 heavy (non-hydrogen) atoms. The summed E-state index contributed by atoms with van der Waals surface area (Å²) in [6, 6.07) is 0.737. The molecule has 7 heteroatoms. The van der Waals surface area contributed by atoms with E-state index in [0.29, 0.717) is 31.8 Å². The first-order valence-electron chi connectivity index (χ1n) is 9.66. The molecule has 0 radical (unpaired) electrons. The van der Waals surface area contributed by atoms with E-state index in [0.717, 1.165) is 12.5 Å². The van der Waals surface area contributed by atoms with Crippen LogP contribution in [0.1, 0.15) is 40.0 Å². The third kappa shape index (κ3) is 4.74. The molecule has 0 bridgehead atoms. The molecule has 1 saturated carbocycles. The van der Waals surface area contributed by atoms with E-state index < -0.39 is 13.6 Å². The van der Waals surface area contributed by atoms with Gasteiger partial charge in [0, 0.05) is 34.1 Å². The molecule has 2 rings (SSSR count). The van der Waals surface area contributed by atoms with Crippen LogP contribution in [0.2, 0.25) is 25.7 Å². The number of carbonyl (C=O) groups is 3. The third-order valence-electron chi connectivity index (χ3n) is 5.69. The van der Waals surface area contributed by atoms with Gasteiger partial charge in [-0.05, 0) is 38.1 Å². The van der Waals surface area contributed by atoms with Crippen LogP contribution < -0.4 is 0 Å². The standard InChI is InChI=1S/C19H34N2O4Si/c1-14-11-16(22)8-7-15(14)12-21-18(24)20(17(23)19(21,2)3)13-25-9-10-26(4,5)6/h14-15H,7-13H2,1-6H3/t14-,15-/m0/s1. The zero-order chi connectivity index (χ0) is 19.7. The maximum absolute atomic E-state index is 12.9. The Morgan fingerprint density at radius 1 is 1.19 bits per heavy atom. The van der Waals surface area contributed by atoms with E-state index in [2.05, 4.69) is 26.6 Å². The lowest BCUT2D eigenvalue weighted by Gasteiger charge is -2.35. The molecule has 1 aliphatic carbocycles. The van der Waals surface area contributed by atoms with Crippen molar-refractivity contribution in [2.24, 2.45) is 11.8 Å². The van der Waals surface area contributed by atoms with E-state index in [-0.39, 0.29) is 30.5 Å². The summed E-state index contributed by atoms with van der Waals surface area (Å²) in [5, 5.41) is 0. The lowest BCUT2D eigenvalue weighted by atomic mass is 9.79. The van der Waals surface area contributed by atoms with Crippen molar-refractivity contribution in [3.05, 3.63) is 0 Å². The quantitative estimate of drug-likeness (QED) is 0.385. The summed E-state index contributed by atoms with van der Waals surface area (Å²) in [6.45, 7) is 13.6. The molecule has 1 aliphatic heterocycles. The number of amides is 3. The summed E-state index contributed by atoms with van der Waals surface area (Å²) in [5.41, 5.74) is -0.861. The van der Waals surface area contributed by atoms with Crippen molar-refractivity contribution in [3.63, 3.8) is 0 Å². The number of hydrogen-bond donors (Lipinski definition) is 0. The second-order valence-corrected chi connectivity index (χ2v) is 15.2. The summed E-state index contributed by atoms with van der Waals surface area (Å²) >= 11 is 0. The normalized spacial score (nSPS) is 26.8. The lowest BCUT2D eigenvalue weighted by molar-refractivity contribution is -0.135. The molecule has 2 atom stereocenters. The smallest absolute Gasteiger partial charge is 0.329 e.